The summed E-state index contributed by atoms with van der Waals surface area (Å²) in [4.78, 5) is 22.2. The Morgan fingerprint density at radius 2 is 2.16 bits per heavy atom. The largest absolute Gasteiger partial charge is 0.466 e. The molecule has 1 aromatic carbocycles. The standard InChI is InChI=1S/C13H13NO5/c1-8-12(13(15)18-2)10(7-14(16)17)9-5-3-4-6-11(9)19-8/h3-6,10H,7H2,1-2H3/t10-/m1/s1. The smallest absolute Gasteiger partial charge is 0.338 e. The van der Waals surface area contributed by atoms with E-state index in [2.05, 4.69) is 4.74 Å². The summed E-state index contributed by atoms with van der Waals surface area (Å²) in [5.74, 6) is -0.358. The van der Waals surface area contributed by atoms with Gasteiger partial charge in [0.05, 0.1) is 18.6 Å². The quantitative estimate of drug-likeness (QED) is 0.472. The third-order valence-electron chi connectivity index (χ3n) is 3.02. The van der Waals surface area contributed by atoms with Crippen LogP contribution in [-0.4, -0.2) is 24.5 Å². The van der Waals surface area contributed by atoms with Crippen LogP contribution in [0.2, 0.25) is 0 Å². The molecular weight excluding hydrogens is 250 g/mol. The maximum absolute atomic E-state index is 11.8. The second-order valence-electron chi connectivity index (χ2n) is 4.17. The first-order valence-electron chi connectivity index (χ1n) is 5.72. The van der Waals surface area contributed by atoms with Gasteiger partial charge in [0.15, 0.2) is 0 Å². The molecule has 0 aromatic heterocycles. The van der Waals surface area contributed by atoms with Gasteiger partial charge in [-0.1, -0.05) is 18.2 Å². The number of fused-ring (bicyclic) bond motifs is 1. The van der Waals surface area contributed by atoms with Crippen LogP contribution >= 0.6 is 0 Å². The molecule has 0 radical (unpaired) electrons. The van der Waals surface area contributed by atoms with E-state index < -0.39 is 16.8 Å². The van der Waals surface area contributed by atoms with Crippen LogP contribution in [-0.2, 0) is 9.53 Å². The Labute approximate surface area is 109 Å². The molecule has 0 saturated carbocycles. The fourth-order valence-corrected chi connectivity index (χ4v) is 2.22. The summed E-state index contributed by atoms with van der Waals surface area (Å²) in [6, 6.07) is 6.97. The van der Waals surface area contributed by atoms with Gasteiger partial charge in [-0.05, 0) is 13.0 Å². The minimum atomic E-state index is -0.646. The van der Waals surface area contributed by atoms with Gasteiger partial charge in [0.2, 0.25) is 6.54 Å². The number of esters is 1. The number of nitrogens with zero attached hydrogens (tertiary/aromatic N) is 1. The SMILES string of the molecule is COC(=O)C1=C(C)Oc2ccccc2[C@H]1C[N+](=O)[O-]. The lowest BCUT2D eigenvalue weighted by Crippen LogP contribution is -2.26. The maximum atomic E-state index is 11.8. The summed E-state index contributed by atoms with van der Waals surface area (Å²) in [5.41, 5.74) is 0.836. The number of hydrogen-bond donors (Lipinski definition) is 0. The van der Waals surface area contributed by atoms with E-state index in [1.165, 1.54) is 7.11 Å². The lowest BCUT2D eigenvalue weighted by molar-refractivity contribution is -0.482. The Morgan fingerprint density at radius 1 is 1.47 bits per heavy atom. The molecule has 0 saturated heterocycles. The van der Waals surface area contributed by atoms with Crippen molar-refractivity contribution in [3.63, 3.8) is 0 Å². The van der Waals surface area contributed by atoms with Crippen LogP contribution in [0.5, 0.6) is 5.75 Å². The molecule has 0 N–H and O–H groups in total. The zero-order chi connectivity index (χ0) is 14.0. The van der Waals surface area contributed by atoms with E-state index in [9.17, 15) is 14.9 Å². The number of ether oxygens (including phenoxy) is 2. The minimum Gasteiger partial charge on any atom is -0.466 e. The van der Waals surface area contributed by atoms with Gasteiger partial charge in [0.25, 0.3) is 0 Å². The highest BCUT2D eigenvalue weighted by molar-refractivity contribution is 5.91. The average Bonchev–Trinajstić information content (AvgIpc) is 2.37. The molecule has 1 heterocycles. The Kier molecular flexibility index (Phi) is 3.50. The number of nitro groups is 1. The number of para-hydroxylation sites is 1. The predicted octanol–water partition coefficient (Wildman–Crippen LogP) is 1.89. The molecule has 19 heavy (non-hydrogen) atoms. The Morgan fingerprint density at radius 3 is 2.79 bits per heavy atom. The Bertz CT molecular complexity index is 564. The first-order chi connectivity index (χ1) is 9.04. The minimum absolute atomic E-state index is 0.206. The molecule has 0 fully saturated rings. The zero-order valence-electron chi connectivity index (χ0n) is 10.6. The van der Waals surface area contributed by atoms with Crippen molar-refractivity contribution in [2.75, 3.05) is 13.7 Å². The van der Waals surface area contributed by atoms with Crippen LogP contribution in [0.25, 0.3) is 0 Å². The molecule has 2 rings (SSSR count). The van der Waals surface area contributed by atoms with Gasteiger partial charge in [0.1, 0.15) is 11.5 Å². The van der Waals surface area contributed by atoms with Gasteiger partial charge in [-0.25, -0.2) is 4.79 Å². The highest BCUT2D eigenvalue weighted by atomic mass is 16.6. The maximum Gasteiger partial charge on any atom is 0.338 e. The van der Waals surface area contributed by atoms with Gasteiger partial charge in [-0.2, -0.15) is 0 Å². The first kappa shape index (κ1) is 13.1. The van der Waals surface area contributed by atoms with E-state index >= 15 is 0 Å². The number of methoxy groups -OCH3 is 1. The molecule has 0 bridgehead atoms. The lowest BCUT2D eigenvalue weighted by Gasteiger charge is -2.25. The van der Waals surface area contributed by atoms with Gasteiger partial charge < -0.3 is 9.47 Å². The van der Waals surface area contributed by atoms with Crippen molar-refractivity contribution in [1.82, 2.24) is 0 Å². The Balaban J connectivity index is 2.52. The summed E-state index contributed by atoms with van der Waals surface area (Å²) < 4.78 is 10.2. The summed E-state index contributed by atoms with van der Waals surface area (Å²) >= 11 is 0. The second kappa shape index (κ2) is 5.09. The van der Waals surface area contributed by atoms with Crippen molar-refractivity contribution >= 4 is 5.97 Å². The number of carbonyl (C=O) groups excluding carboxylic acids is 1. The van der Waals surface area contributed by atoms with E-state index in [0.29, 0.717) is 17.1 Å². The predicted molar refractivity (Wildman–Crippen MR) is 66.4 cm³/mol. The number of carbonyl (C=O) groups is 1. The van der Waals surface area contributed by atoms with Gasteiger partial charge in [0, 0.05) is 10.5 Å². The third kappa shape index (κ3) is 2.42. The molecule has 1 aliphatic heterocycles. The molecule has 6 nitrogen and oxygen atoms in total. The molecule has 0 amide bonds. The molecule has 100 valence electrons. The monoisotopic (exact) mass is 263 g/mol. The van der Waals surface area contributed by atoms with E-state index in [-0.39, 0.29) is 12.1 Å². The van der Waals surface area contributed by atoms with Crippen molar-refractivity contribution in [2.45, 2.75) is 12.8 Å². The van der Waals surface area contributed by atoms with Gasteiger partial charge >= 0.3 is 5.97 Å². The molecule has 1 atom stereocenters. The number of hydrogen-bond acceptors (Lipinski definition) is 5. The highest BCUT2D eigenvalue weighted by Crippen LogP contribution is 2.39. The zero-order valence-corrected chi connectivity index (χ0v) is 10.6. The van der Waals surface area contributed by atoms with Crippen LogP contribution in [0.3, 0.4) is 0 Å². The first-order valence-corrected chi connectivity index (χ1v) is 5.72. The second-order valence-corrected chi connectivity index (χ2v) is 4.17. The number of benzene rings is 1. The third-order valence-corrected chi connectivity index (χ3v) is 3.02. The van der Waals surface area contributed by atoms with E-state index in [4.69, 9.17) is 4.74 Å². The lowest BCUT2D eigenvalue weighted by atomic mass is 9.88. The molecular formula is C13H13NO5. The summed E-state index contributed by atoms with van der Waals surface area (Å²) in [7, 11) is 1.24. The molecule has 0 aliphatic carbocycles. The van der Waals surface area contributed by atoms with Crippen molar-refractivity contribution in [3.05, 3.63) is 51.3 Å². The van der Waals surface area contributed by atoms with E-state index in [1.807, 2.05) is 0 Å². The van der Waals surface area contributed by atoms with Gasteiger partial charge in [-0.3, -0.25) is 10.1 Å². The van der Waals surface area contributed by atoms with Crippen LogP contribution < -0.4 is 4.74 Å². The Hall–Kier alpha value is -2.37. The summed E-state index contributed by atoms with van der Waals surface area (Å²) in [6.07, 6.45) is 0. The molecule has 0 unspecified atom stereocenters. The van der Waals surface area contributed by atoms with Crippen LogP contribution in [0.15, 0.2) is 35.6 Å². The van der Waals surface area contributed by atoms with E-state index in [0.717, 1.165) is 0 Å². The van der Waals surface area contributed by atoms with Crippen LogP contribution in [0.4, 0.5) is 0 Å². The van der Waals surface area contributed by atoms with Crippen molar-refractivity contribution in [1.29, 1.82) is 0 Å². The van der Waals surface area contributed by atoms with Crippen molar-refractivity contribution in [2.24, 2.45) is 0 Å². The van der Waals surface area contributed by atoms with E-state index in [1.54, 1.807) is 31.2 Å². The topological polar surface area (TPSA) is 78.7 Å². The number of rotatable bonds is 3. The van der Waals surface area contributed by atoms with Gasteiger partial charge in [-0.15, -0.1) is 0 Å². The fraction of sp³-hybridized carbons (Fsp3) is 0.308. The summed E-state index contributed by atoms with van der Waals surface area (Å²) in [5, 5.41) is 10.8. The summed E-state index contributed by atoms with van der Waals surface area (Å²) in [6.45, 7) is 1.23. The van der Waals surface area contributed by atoms with Crippen molar-refractivity contribution < 1.29 is 19.2 Å². The fourth-order valence-electron chi connectivity index (χ4n) is 2.22. The number of allylic oxidation sites excluding steroid dienone is 1. The van der Waals surface area contributed by atoms with Crippen molar-refractivity contribution in [3.8, 4) is 5.75 Å². The highest BCUT2D eigenvalue weighted by Gasteiger charge is 2.36. The molecule has 1 aromatic rings. The van der Waals surface area contributed by atoms with Crippen LogP contribution in [0.1, 0.15) is 18.4 Å². The molecule has 0 spiro atoms. The molecule has 6 heteroatoms. The average molecular weight is 263 g/mol. The normalized spacial score (nSPS) is 17.5. The van der Waals surface area contributed by atoms with Crippen LogP contribution in [0, 0.1) is 10.1 Å². The molecule has 1 aliphatic rings.